The first kappa shape index (κ1) is 18.7. The molecule has 1 aliphatic rings. The second-order valence-electron chi connectivity index (χ2n) is 6.92. The zero-order valence-electron chi connectivity index (χ0n) is 15.5. The molecule has 2 rings (SSSR count). The maximum atomic E-state index is 5.91. The van der Waals surface area contributed by atoms with Crippen LogP contribution in [0.3, 0.4) is 0 Å². The highest BCUT2D eigenvalue weighted by Gasteiger charge is 2.21. The van der Waals surface area contributed by atoms with E-state index in [0.29, 0.717) is 5.92 Å². The van der Waals surface area contributed by atoms with Gasteiger partial charge in [0.15, 0.2) is 5.96 Å². The molecule has 0 bridgehead atoms. The van der Waals surface area contributed by atoms with E-state index in [9.17, 15) is 0 Å². The van der Waals surface area contributed by atoms with Crippen molar-refractivity contribution in [3.05, 3.63) is 35.9 Å². The first-order chi connectivity index (χ1) is 11.6. The van der Waals surface area contributed by atoms with Crippen LogP contribution in [-0.4, -0.2) is 68.7 Å². The number of guanidine groups is 1. The fourth-order valence-corrected chi connectivity index (χ4v) is 3.11. The average molecular weight is 332 g/mol. The number of nitrogens with one attached hydrogen (secondary N) is 1. The Labute approximate surface area is 146 Å². The zero-order valence-corrected chi connectivity index (χ0v) is 15.5. The minimum absolute atomic E-state index is 0.222. The van der Waals surface area contributed by atoms with Crippen molar-refractivity contribution >= 4 is 5.96 Å². The molecular weight excluding hydrogens is 300 g/mol. The van der Waals surface area contributed by atoms with Crippen molar-refractivity contribution in [1.82, 2.24) is 15.1 Å². The molecule has 0 radical (unpaired) electrons. The number of rotatable bonds is 6. The lowest BCUT2D eigenvalue weighted by atomic mass is 10.2. The fraction of sp³-hybridized carbons (Fsp3) is 0.632. The molecule has 134 valence electrons. The molecule has 1 N–H and O–H groups in total. The van der Waals surface area contributed by atoms with E-state index in [0.717, 1.165) is 45.3 Å². The van der Waals surface area contributed by atoms with E-state index in [1.807, 2.05) is 13.1 Å². The van der Waals surface area contributed by atoms with Crippen LogP contribution in [0, 0.1) is 5.92 Å². The molecular formula is C19H32N4O. The molecule has 0 amide bonds. The molecule has 5 nitrogen and oxygen atoms in total. The highest BCUT2D eigenvalue weighted by Crippen LogP contribution is 2.08. The molecule has 0 aromatic heterocycles. The van der Waals surface area contributed by atoms with Crippen molar-refractivity contribution < 1.29 is 4.74 Å². The molecule has 5 heteroatoms. The van der Waals surface area contributed by atoms with Crippen LogP contribution in [0.1, 0.15) is 19.4 Å². The van der Waals surface area contributed by atoms with Gasteiger partial charge in [-0.2, -0.15) is 0 Å². The fourth-order valence-electron chi connectivity index (χ4n) is 3.11. The van der Waals surface area contributed by atoms with Crippen LogP contribution in [0.4, 0.5) is 0 Å². The van der Waals surface area contributed by atoms with Crippen LogP contribution in [-0.2, 0) is 11.3 Å². The van der Waals surface area contributed by atoms with Gasteiger partial charge < -0.3 is 15.0 Å². The van der Waals surface area contributed by atoms with Gasteiger partial charge in [-0.3, -0.25) is 9.89 Å². The maximum Gasteiger partial charge on any atom is 0.193 e. The smallest absolute Gasteiger partial charge is 0.193 e. The molecule has 1 atom stereocenters. The van der Waals surface area contributed by atoms with Crippen molar-refractivity contribution in [2.24, 2.45) is 10.9 Å². The molecule has 24 heavy (non-hydrogen) atoms. The van der Waals surface area contributed by atoms with E-state index in [2.05, 4.69) is 65.3 Å². The summed E-state index contributed by atoms with van der Waals surface area (Å²) in [5, 5.41) is 3.46. The summed E-state index contributed by atoms with van der Waals surface area (Å²) < 4.78 is 5.91. The van der Waals surface area contributed by atoms with Gasteiger partial charge in [-0.05, 0) is 11.5 Å². The predicted molar refractivity (Wildman–Crippen MR) is 100 cm³/mol. The Morgan fingerprint density at radius 2 is 2.12 bits per heavy atom. The molecule has 1 fully saturated rings. The van der Waals surface area contributed by atoms with Crippen LogP contribution < -0.4 is 5.32 Å². The van der Waals surface area contributed by atoms with Gasteiger partial charge in [0.1, 0.15) is 0 Å². The second kappa shape index (κ2) is 9.64. The van der Waals surface area contributed by atoms with Gasteiger partial charge in [0.25, 0.3) is 0 Å². The van der Waals surface area contributed by atoms with Crippen molar-refractivity contribution in [1.29, 1.82) is 0 Å². The monoisotopic (exact) mass is 332 g/mol. The Kier molecular flexibility index (Phi) is 7.53. The number of ether oxygens (including phenoxy) is 1. The SMILES string of the molecule is CN=C(NCC1CN(CC(C)C)CCO1)N(C)Cc1ccccc1. The van der Waals surface area contributed by atoms with Gasteiger partial charge >= 0.3 is 0 Å². The number of morpholine rings is 1. The third-order valence-electron chi connectivity index (χ3n) is 4.17. The molecule has 0 spiro atoms. The minimum Gasteiger partial charge on any atom is -0.374 e. The highest BCUT2D eigenvalue weighted by atomic mass is 16.5. The van der Waals surface area contributed by atoms with Crippen molar-refractivity contribution in [2.45, 2.75) is 26.5 Å². The molecule has 1 saturated heterocycles. The lowest BCUT2D eigenvalue weighted by Crippen LogP contribution is -2.50. The van der Waals surface area contributed by atoms with Crippen LogP contribution in [0.15, 0.2) is 35.3 Å². The molecule has 1 aromatic carbocycles. The molecule has 0 aliphatic carbocycles. The van der Waals surface area contributed by atoms with Crippen LogP contribution in [0.25, 0.3) is 0 Å². The largest absolute Gasteiger partial charge is 0.374 e. The van der Waals surface area contributed by atoms with Gasteiger partial charge in [-0.15, -0.1) is 0 Å². The lowest BCUT2D eigenvalue weighted by molar-refractivity contribution is -0.0286. The Bertz CT molecular complexity index is 503. The Balaban J connectivity index is 1.80. The summed E-state index contributed by atoms with van der Waals surface area (Å²) in [6, 6.07) is 10.5. The Morgan fingerprint density at radius 3 is 2.79 bits per heavy atom. The van der Waals surface area contributed by atoms with E-state index < -0.39 is 0 Å². The molecule has 1 aromatic rings. The highest BCUT2D eigenvalue weighted by molar-refractivity contribution is 5.79. The molecule has 1 heterocycles. The first-order valence-electron chi connectivity index (χ1n) is 8.88. The van der Waals surface area contributed by atoms with Crippen molar-refractivity contribution in [2.75, 3.05) is 46.9 Å². The number of hydrogen-bond acceptors (Lipinski definition) is 3. The van der Waals surface area contributed by atoms with Crippen LogP contribution >= 0.6 is 0 Å². The normalized spacial score (nSPS) is 19.5. The quantitative estimate of drug-likeness (QED) is 0.639. The summed E-state index contributed by atoms with van der Waals surface area (Å²) in [7, 11) is 3.89. The summed E-state index contributed by atoms with van der Waals surface area (Å²) >= 11 is 0. The summed E-state index contributed by atoms with van der Waals surface area (Å²) in [5.74, 6) is 1.60. The zero-order chi connectivity index (χ0) is 17.4. The van der Waals surface area contributed by atoms with E-state index in [4.69, 9.17) is 4.74 Å². The summed E-state index contributed by atoms with van der Waals surface area (Å²) in [6.45, 7) is 10.2. The van der Waals surface area contributed by atoms with Crippen LogP contribution in [0.5, 0.6) is 0 Å². The minimum atomic E-state index is 0.222. The summed E-state index contributed by atoms with van der Waals surface area (Å²) in [6.07, 6.45) is 0.222. The van der Waals surface area contributed by atoms with Gasteiger partial charge in [0.2, 0.25) is 0 Å². The lowest BCUT2D eigenvalue weighted by Gasteiger charge is -2.34. The number of hydrogen-bond donors (Lipinski definition) is 1. The number of nitrogens with zero attached hydrogens (tertiary/aromatic N) is 3. The van der Waals surface area contributed by atoms with Gasteiger partial charge in [-0.25, -0.2) is 0 Å². The molecule has 1 aliphatic heterocycles. The third-order valence-corrected chi connectivity index (χ3v) is 4.17. The molecule has 0 saturated carbocycles. The summed E-state index contributed by atoms with van der Waals surface area (Å²) in [4.78, 5) is 9.04. The average Bonchev–Trinajstić information content (AvgIpc) is 2.56. The predicted octanol–water partition coefficient (Wildman–Crippen LogP) is 2.05. The summed E-state index contributed by atoms with van der Waals surface area (Å²) in [5.41, 5.74) is 1.28. The van der Waals surface area contributed by atoms with E-state index >= 15 is 0 Å². The van der Waals surface area contributed by atoms with Gasteiger partial charge in [0.05, 0.1) is 12.7 Å². The number of benzene rings is 1. The van der Waals surface area contributed by atoms with E-state index in [1.54, 1.807) is 0 Å². The number of aliphatic imine (C=N–C) groups is 1. The van der Waals surface area contributed by atoms with E-state index in [-0.39, 0.29) is 6.10 Å². The van der Waals surface area contributed by atoms with Gasteiger partial charge in [0, 0.05) is 46.8 Å². The standard InChI is InChI=1S/C19H32N4O/c1-16(2)13-23-10-11-24-18(15-23)12-21-19(20-3)22(4)14-17-8-6-5-7-9-17/h5-9,16,18H,10-15H2,1-4H3,(H,20,21). The van der Waals surface area contributed by atoms with Crippen molar-refractivity contribution in [3.8, 4) is 0 Å². The topological polar surface area (TPSA) is 40.1 Å². The molecule has 1 unspecified atom stereocenters. The van der Waals surface area contributed by atoms with Crippen LogP contribution in [0.2, 0.25) is 0 Å². The first-order valence-corrected chi connectivity index (χ1v) is 8.88. The Hall–Kier alpha value is -1.59. The maximum absolute atomic E-state index is 5.91. The third kappa shape index (κ3) is 6.13. The Morgan fingerprint density at radius 1 is 1.38 bits per heavy atom. The van der Waals surface area contributed by atoms with E-state index in [1.165, 1.54) is 5.56 Å². The van der Waals surface area contributed by atoms with Gasteiger partial charge in [-0.1, -0.05) is 44.2 Å². The van der Waals surface area contributed by atoms with Crippen molar-refractivity contribution in [3.63, 3.8) is 0 Å². The second-order valence-corrected chi connectivity index (χ2v) is 6.92.